The van der Waals surface area contributed by atoms with Crippen LogP contribution in [0.25, 0.3) is 90.8 Å². The quantitative estimate of drug-likeness (QED) is 0.102. The topological polar surface area (TPSA) is 52.9 Å². The van der Waals surface area contributed by atoms with Gasteiger partial charge in [0.2, 0.25) is 0 Å². The summed E-state index contributed by atoms with van der Waals surface area (Å²) in [6, 6.07) is 62.0. The number of hydrogen-bond acceptors (Lipinski definition) is 0. The van der Waals surface area contributed by atoms with E-state index in [9.17, 15) is 26.3 Å². The normalized spacial score (nSPS) is 10.9. The van der Waals surface area contributed by atoms with Crippen molar-refractivity contribution in [3.05, 3.63) is 336 Å². The summed E-state index contributed by atoms with van der Waals surface area (Å²) in [4.78, 5) is 0. The lowest BCUT2D eigenvalue weighted by Crippen LogP contribution is -2.29. The Kier molecular flexibility index (Phi) is 25.2. The largest absolute Gasteiger partial charge is 0.416 e. The highest BCUT2D eigenvalue weighted by atomic mass is 19.4. The standard InChI is InChI=1S/C19H21N2.C18H19N2.C17H17N2.C13H14F3N2.C12H13F2N2.C12H14FN2/c1-14-8-5-6-11-17(14)19-20(4)12-13-21(19)18-15(2)9-7-10-16(18)3;1-14-9-10-16(15-7-5-4-6-8-15)13-17(14)18-19(2)11-12-20(18)3;1-14-8-6-7-11-16(14)17-18(2)12-13-19(17)15-9-4-3-5-10-15;1-9-4-5-10(13(14,15)16)8-11(9)12-17(2)6-7-18(12)3;1-8-6-9(13)7-10(14)11(8)12-15(2)4-5-16(12)3;1-9-8-10(13)4-5-11(9)12-14(2)6-7-15(12)3/h5-13H,1-4H3;4-13H,1-3H3;3-13H,1-2H3;4-8H,1-3H3;4-7H,1-3H3;4-8H,1-3H3/q6*+1. The zero-order valence-corrected chi connectivity index (χ0v) is 65.5. The second-order valence-electron chi connectivity index (χ2n) is 27.7. The van der Waals surface area contributed by atoms with Crippen molar-refractivity contribution in [1.82, 2.24) is 27.4 Å². The maximum atomic E-state index is 13.8. The van der Waals surface area contributed by atoms with E-state index in [1.165, 1.54) is 109 Å². The summed E-state index contributed by atoms with van der Waals surface area (Å²) in [6.07, 6.45) is 19.6. The van der Waals surface area contributed by atoms with E-state index in [2.05, 4.69) is 267 Å². The van der Waals surface area contributed by atoms with Crippen LogP contribution < -0.4 is 27.4 Å². The predicted octanol–water partition coefficient (Wildman–Crippen LogP) is 17.6. The summed E-state index contributed by atoms with van der Waals surface area (Å²) < 4.78 is 102. The number of benzene rings is 9. The van der Waals surface area contributed by atoms with Gasteiger partial charge in [-0.2, -0.15) is 22.3 Å². The molecule has 0 amide bonds. The molecule has 0 radical (unpaired) electrons. The van der Waals surface area contributed by atoms with Crippen molar-refractivity contribution in [3.63, 3.8) is 0 Å². The number of nitrogens with zero attached hydrogens (tertiary/aromatic N) is 12. The minimum atomic E-state index is -4.31. The number of para-hydroxylation sites is 2. The van der Waals surface area contributed by atoms with Crippen molar-refractivity contribution in [1.29, 1.82) is 0 Å². The highest BCUT2D eigenvalue weighted by molar-refractivity contribution is 5.72. The Morgan fingerprint density at radius 1 is 0.284 bits per heavy atom. The summed E-state index contributed by atoms with van der Waals surface area (Å²) in [5.41, 5.74) is 19.1. The molecule has 18 heteroatoms. The van der Waals surface area contributed by atoms with Gasteiger partial charge in [0, 0.05) is 6.07 Å². The lowest BCUT2D eigenvalue weighted by atomic mass is 9.99. The molecule has 0 saturated heterocycles. The number of hydrogen-bond donors (Lipinski definition) is 0. The third kappa shape index (κ3) is 18.3. The van der Waals surface area contributed by atoms with Crippen LogP contribution in [0.1, 0.15) is 50.1 Å². The molecule has 0 saturated carbocycles. The van der Waals surface area contributed by atoms with Crippen molar-refractivity contribution < 1.29 is 53.7 Å². The average Bonchev–Trinajstić information content (AvgIpc) is 1.70. The smallest absolute Gasteiger partial charge is 0.233 e. The van der Waals surface area contributed by atoms with Gasteiger partial charge in [0.1, 0.15) is 109 Å². The van der Waals surface area contributed by atoms with Gasteiger partial charge in [-0.25, -0.2) is 58.8 Å². The van der Waals surface area contributed by atoms with Gasteiger partial charge in [0.05, 0.1) is 104 Å². The van der Waals surface area contributed by atoms with Crippen molar-refractivity contribution in [2.45, 2.75) is 61.6 Å². The summed E-state index contributed by atoms with van der Waals surface area (Å²) in [5.74, 6) is 4.91. The van der Waals surface area contributed by atoms with Gasteiger partial charge in [0.15, 0.2) is 0 Å². The molecule has 0 aliphatic carbocycles. The Balaban J connectivity index is 0.000000140. The molecule has 0 unspecified atom stereocenters. The van der Waals surface area contributed by atoms with Gasteiger partial charge in [-0.15, -0.1) is 0 Å². The van der Waals surface area contributed by atoms with E-state index in [1.807, 2.05) is 133 Å². The van der Waals surface area contributed by atoms with E-state index in [-0.39, 0.29) is 5.82 Å². The van der Waals surface area contributed by atoms with Crippen LogP contribution in [-0.4, -0.2) is 27.4 Å². The molecule has 0 N–H and O–H groups in total. The number of rotatable bonds is 9. The Morgan fingerprint density at radius 3 is 1.14 bits per heavy atom. The third-order valence-electron chi connectivity index (χ3n) is 19.5. The lowest BCUT2D eigenvalue weighted by molar-refractivity contribution is -0.659. The van der Waals surface area contributed by atoms with Gasteiger partial charge in [-0.1, -0.05) is 121 Å². The Morgan fingerprint density at radius 2 is 0.670 bits per heavy atom. The summed E-state index contributed by atoms with van der Waals surface area (Å²) in [5, 5.41) is 0. The van der Waals surface area contributed by atoms with E-state index in [4.69, 9.17) is 0 Å². The molecule has 0 fully saturated rings. The lowest BCUT2D eigenvalue weighted by Gasteiger charge is -2.10. The van der Waals surface area contributed by atoms with Gasteiger partial charge in [0.25, 0.3) is 34.9 Å². The van der Waals surface area contributed by atoms with E-state index >= 15 is 0 Å². The molecule has 0 spiro atoms. The van der Waals surface area contributed by atoms with Crippen molar-refractivity contribution in [3.8, 4) is 90.8 Å². The minimum Gasteiger partial charge on any atom is -0.233 e. The molecule has 12 nitrogen and oxygen atoms in total. The van der Waals surface area contributed by atoms with E-state index in [1.54, 1.807) is 13.0 Å². The molecule has 109 heavy (non-hydrogen) atoms. The second kappa shape index (κ2) is 34.6. The van der Waals surface area contributed by atoms with Crippen LogP contribution in [-0.2, 0) is 76.7 Å². The fraction of sp³-hybridized carbons (Fsp3) is 0.209. The number of aromatic nitrogens is 12. The van der Waals surface area contributed by atoms with Gasteiger partial charge < -0.3 is 0 Å². The van der Waals surface area contributed by atoms with E-state index in [0.29, 0.717) is 16.7 Å². The SMILES string of the molecule is Cc1cc(F)cc(F)c1-c1n(C)cc[n+]1C.Cc1cc(F)ccc1-c1n(C)cc[n+]1C.Cc1ccc(-c2ccccc2)cc1-c1n(C)cc[n+]1C.Cc1ccc(C(F)(F)F)cc1-c1n(C)cc[n+]1C.Cc1ccccc1-c1n(-c2c(C)cccc2C)cc[n+]1C.Cc1ccccc1-c1n(-c2ccccc2)cc[n+]1C. The second-order valence-corrected chi connectivity index (χ2v) is 27.7. The first-order valence-corrected chi connectivity index (χ1v) is 35.9. The number of halogens is 6. The molecule has 0 bridgehead atoms. The maximum Gasteiger partial charge on any atom is 0.416 e. The molecule has 558 valence electrons. The first-order chi connectivity index (χ1) is 51.9. The molecule has 0 aliphatic heterocycles. The van der Waals surface area contributed by atoms with Crippen LogP contribution in [0.5, 0.6) is 0 Å². The van der Waals surface area contributed by atoms with Crippen LogP contribution in [0.4, 0.5) is 26.3 Å². The highest BCUT2D eigenvalue weighted by Crippen LogP contribution is 2.35. The van der Waals surface area contributed by atoms with Crippen molar-refractivity contribution in [2.75, 3.05) is 0 Å². The number of alkyl halides is 3. The summed E-state index contributed by atoms with van der Waals surface area (Å²) in [6.45, 7) is 16.3. The first kappa shape index (κ1) is 79.4. The van der Waals surface area contributed by atoms with Crippen LogP contribution >= 0.6 is 0 Å². The van der Waals surface area contributed by atoms with Crippen LogP contribution in [0.2, 0.25) is 0 Å². The van der Waals surface area contributed by atoms with Crippen molar-refractivity contribution >= 4 is 0 Å². The first-order valence-electron chi connectivity index (χ1n) is 35.9. The fourth-order valence-electron chi connectivity index (χ4n) is 13.8. The zero-order chi connectivity index (χ0) is 78.7. The molecule has 15 rings (SSSR count). The predicted molar refractivity (Wildman–Crippen MR) is 421 cm³/mol. The van der Waals surface area contributed by atoms with Crippen molar-refractivity contribution in [2.24, 2.45) is 70.5 Å². The Hall–Kier alpha value is -12.2. The molecule has 6 aromatic heterocycles. The Bertz CT molecular complexity index is 5530. The molecule has 0 aliphatic rings. The third-order valence-corrected chi connectivity index (χ3v) is 19.5. The minimum absolute atomic E-state index is 0.187. The van der Waals surface area contributed by atoms with Crippen LogP contribution in [0.15, 0.2) is 268 Å². The number of aryl methyl sites for hydroxylation is 18. The molecule has 0 atom stereocenters. The van der Waals surface area contributed by atoms with Crippen LogP contribution in [0, 0.1) is 72.8 Å². The zero-order valence-electron chi connectivity index (χ0n) is 65.5. The monoisotopic (exact) mass is 1470 g/mol. The van der Waals surface area contributed by atoms with Gasteiger partial charge >= 0.3 is 6.18 Å². The van der Waals surface area contributed by atoms with E-state index in [0.717, 1.165) is 46.3 Å². The fourth-order valence-corrected chi connectivity index (χ4v) is 13.8. The molecular formula is C91H98F6N12+6. The maximum absolute atomic E-state index is 13.8. The van der Waals surface area contributed by atoms with Gasteiger partial charge in [-0.3, -0.25) is 0 Å². The van der Waals surface area contributed by atoms with Gasteiger partial charge in [-0.05, 0) is 178 Å². The highest BCUT2D eigenvalue weighted by Gasteiger charge is 2.33. The summed E-state index contributed by atoms with van der Waals surface area (Å²) in [7, 11) is 19.6. The van der Waals surface area contributed by atoms with E-state index < -0.39 is 23.4 Å². The Labute approximate surface area is 636 Å². The number of imidazole rings is 6. The molecule has 15 aromatic rings. The molecule has 6 heterocycles. The molecule has 9 aromatic carbocycles. The van der Waals surface area contributed by atoms with Crippen LogP contribution in [0.3, 0.4) is 0 Å². The average molecular weight is 1470 g/mol. The molecular weight excluding hydrogens is 1380 g/mol. The summed E-state index contributed by atoms with van der Waals surface area (Å²) >= 11 is 0.